The van der Waals surface area contributed by atoms with E-state index in [1.54, 1.807) is 22.7 Å². The Morgan fingerprint density at radius 3 is 2.81 bits per heavy atom. The molecule has 27 heavy (non-hydrogen) atoms. The van der Waals surface area contributed by atoms with E-state index in [0.29, 0.717) is 6.54 Å². The minimum atomic E-state index is -0.593. The third-order valence-corrected chi connectivity index (χ3v) is 5.92. The second-order valence-electron chi connectivity index (χ2n) is 5.96. The Bertz CT molecular complexity index is 844. The quantitative estimate of drug-likeness (QED) is 0.251. The third-order valence-electron chi connectivity index (χ3n) is 3.88. The van der Waals surface area contributed by atoms with Crippen molar-refractivity contribution in [3.05, 3.63) is 51.3 Å². The van der Waals surface area contributed by atoms with Crippen molar-refractivity contribution in [1.29, 1.82) is 0 Å². The number of aliphatic hydroxyl groups is 1. The maximum Gasteiger partial charge on any atom is 0.191 e. The van der Waals surface area contributed by atoms with E-state index in [4.69, 9.17) is 0 Å². The Kier molecular flexibility index (Phi) is 8.94. The summed E-state index contributed by atoms with van der Waals surface area (Å²) in [6, 6.07) is 10.2. The molecular weight excluding hydrogens is 491 g/mol. The van der Waals surface area contributed by atoms with Gasteiger partial charge in [0.15, 0.2) is 5.96 Å². The number of aliphatic imine (C=N–C) groups is 1. The molecule has 3 aromatic rings. The summed E-state index contributed by atoms with van der Waals surface area (Å²) in [6.45, 7) is 5.92. The van der Waals surface area contributed by atoms with Crippen LogP contribution in [0.5, 0.6) is 0 Å². The summed E-state index contributed by atoms with van der Waals surface area (Å²) in [7, 11) is 0. The number of thiazole rings is 1. The van der Waals surface area contributed by atoms with Gasteiger partial charge in [0.2, 0.25) is 0 Å². The largest absolute Gasteiger partial charge is 0.386 e. The van der Waals surface area contributed by atoms with E-state index in [0.717, 1.165) is 41.0 Å². The van der Waals surface area contributed by atoms with E-state index >= 15 is 0 Å². The number of benzene rings is 1. The highest BCUT2D eigenvalue weighted by atomic mass is 127. The van der Waals surface area contributed by atoms with Crippen LogP contribution >= 0.6 is 46.7 Å². The highest BCUT2D eigenvalue weighted by Gasteiger charge is 2.11. The summed E-state index contributed by atoms with van der Waals surface area (Å²) in [5.41, 5.74) is 1.10. The SMILES string of the molecule is CCNC(=NCC(O)c1cc2ccccc2s1)NCCc1csc(C)n1.I. The van der Waals surface area contributed by atoms with Crippen LogP contribution in [-0.2, 0) is 6.42 Å². The molecule has 3 N–H and O–H groups in total. The number of hydrogen-bond acceptors (Lipinski definition) is 5. The lowest BCUT2D eigenvalue weighted by Gasteiger charge is -2.12. The van der Waals surface area contributed by atoms with Crippen LogP contribution < -0.4 is 10.6 Å². The van der Waals surface area contributed by atoms with Gasteiger partial charge < -0.3 is 15.7 Å². The molecule has 0 bridgehead atoms. The van der Waals surface area contributed by atoms with Gasteiger partial charge in [-0.25, -0.2) is 4.98 Å². The molecule has 1 aromatic carbocycles. The van der Waals surface area contributed by atoms with Crippen molar-refractivity contribution in [2.45, 2.75) is 26.4 Å². The predicted molar refractivity (Wildman–Crippen MR) is 127 cm³/mol. The van der Waals surface area contributed by atoms with Crippen LogP contribution in [0.15, 0.2) is 40.7 Å². The number of rotatable bonds is 7. The molecule has 0 radical (unpaired) electrons. The summed E-state index contributed by atoms with van der Waals surface area (Å²) in [4.78, 5) is 9.95. The lowest BCUT2D eigenvalue weighted by atomic mass is 10.2. The maximum absolute atomic E-state index is 10.5. The van der Waals surface area contributed by atoms with Crippen molar-refractivity contribution in [1.82, 2.24) is 15.6 Å². The first-order chi connectivity index (χ1) is 12.7. The molecule has 8 heteroatoms. The van der Waals surface area contributed by atoms with Gasteiger partial charge in [-0.05, 0) is 31.4 Å². The van der Waals surface area contributed by atoms with Crippen molar-refractivity contribution >= 4 is 62.7 Å². The van der Waals surface area contributed by atoms with Crippen molar-refractivity contribution in [2.24, 2.45) is 4.99 Å². The number of nitrogens with zero attached hydrogens (tertiary/aromatic N) is 2. The highest BCUT2D eigenvalue weighted by Crippen LogP contribution is 2.29. The Balaban J connectivity index is 0.00000261. The summed E-state index contributed by atoms with van der Waals surface area (Å²) in [6.07, 6.45) is 0.261. The Labute approximate surface area is 185 Å². The second-order valence-corrected chi connectivity index (χ2v) is 8.13. The number of fused-ring (bicyclic) bond motifs is 1. The summed E-state index contributed by atoms with van der Waals surface area (Å²) >= 11 is 3.29. The predicted octanol–water partition coefficient (Wildman–Crippen LogP) is 4.12. The van der Waals surface area contributed by atoms with Crippen molar-refractivity contribution < 1.29 is 5.11 Å². The molecule has 2 aromatic heterocycles. The third kappa shape index (κ3) is 6.41. The molecule has 3 rings (SSSR count). The van der Waals surface area contributed by atoms with Gasteiger partial charge >= 0.3 is 0 Å². The highest BCUT2D eigenvalue weighted by molar-refractivity contribution is 14.0. The zero-order chi connectivity index (χ0) is 18.4. The Morgan fingerprint density at radius 1 is 1.30 bits per heavy atom. The van der Waals surface area contributed by atoms with Crippen LogP contribution in [0.2, 0.25) is 0 Å². The molecule has 1 atom stereocenters. The van der Waals surface area contributed by atoms with Crippen molar-refractivity contribution in [3.63, 3.8) is 0 Å². The van der Waals surface area contributed by atoms with Crippen molar-refractivity contribution in [2.75, 3.05) is 19.6 Å². The van der Waals surface area contributed by atoms with Gasteiger partial charge in [0.05, 0.1) is 17.2 Å². The fourth-order valence-corrected chi connectivity index (χ4v) is 4.30. The molecular formula is C19H25IN4OS2. The lowest BCUT2D eigenvalue weighted by molar-refractivity contribution is 0.191. The fourth-order valence-electron chi connectivity index (χ4n) is 2.61. The fraction of sp³-hybridized carbons (Fsp3) is 0.368. The molecule has 0 spiro atoms. The number of aromatic nitrogens is 1. The lowest BCUT2D eigenvalue weighted by Crippen LogP contribution is -2.38. The summed E-state index contributed by atoms with van der Waals surface area (Å²) in [5, 5.41) is 21.4. The molecule has 0 amide bonds. The molecule has 2 heterocycles. The smallest absolute Gasteiger partial charge is 0.191 e. The standard InChI is InChI=1S/C19H24N4OS2.HI/c1-3-20-19(21-9-8-15-12-25-13(2)23-15)22-11-16(24)18-10-14-6-4-5-7-17(14)26-18;/h4-7,10,12,16,24H,3,8-9,11H2,1-2H3,(H2,20,21,22);1H. The normalized spacial score (nSPS) is 12.6. The first-order valence-electron chi connectivity index (χ1n) is 8.75. The summed E-state index contributed by atoms with van der Waals surface area (Å²) < 4.78 is 1.19. The van der Waals surface area contributed by atoms with Crippen LogP contribution in [0, 0.1) is 6.92 Å². The minimum absolute atomic E-state index is 0. The van der Waals surface area contributed by atoms with Gasteiger partial charge in [-0.15, -0.1) is 46.7 Å². The van der Waals surface area contributed by atoms with Gasteiger partial charge in [-0.1, -0.05) is 18.2 Å². The van der Waals surface area contributed by atoms with Crippen LogP contribution in [0.4, 0.5) is 0 Å². The van der Waals surface area contributed by atoms with Crippen LogP contribution in [-0.4, -0.2) is 35.7 Å². The first-order valence-corrected chi connectivity index (χ1v) is 10.4. The number of halogens is 1. The number of thiophene rings is 1. The molecule has 5 nitrogen and oxygen atoms in total. The number of aryl methyl sites for hydroxylation is 1. The van der Waals surface area contributed by atoms with E-state index in [2.05, 4.69) is 38.1 Å². The van der Waals surface area contributed by atoms with E-state index in [1.807, 2.05) is 32.0 Å². The summed E-state index contributed by atoms with van der Waals surface area (Å²) in [5.74, 6) is 0.722. The molecule has 0 aliphatic carbocycles. The molecule has 146 valence electrons. The molecule has 0 saturated carbocycles. The van der Waals surface area contributed by atoms with Gasteiger partial charge in [0, 0.05) is 34.5 Å². The Morgan fingerprint density at radius 2 is 2.11 bits per heavy atom. The number of guanidine groups is 1. The van der Waals surface area contributed by atoms with Gasteiger partial charge in [0.1, 0.15) is 6.10 Å². The molecule has 1 unspecified atom stereocenters. The van der Waals surface area contributed by atoms with Crippen LogP contribution in [0.25, 0.3) is 10.1 Å². The van der Waals surface area contributed by atoms with Gasteiger partial charge in [-0.3, -0.25) is 4.99 Å². The van der Waals surface area contributed by atoms with Gasteiger partial charge in [-0.2, -0.15) is 0 Å². The second kappa shape index (κ2) is 10.9. The first kappa shape index (κ1) is 22.1. The molecule has 0 aliphatic heterocycles. The monoisotopic (exact) mass is 516 g/mol. The average Bonchev–Trinajstić information content (AvgIpc) is 3.25. The number of aliphatic hydroxyl groups excluding tert-OH is 1. The van der Waals surface area contributed by atoms with Crippen LogP contribution in [0.1, 0.15) is 28.6 Å². The number of hydrogen-bond donors (Lipinski definition) is 3. The van der Waals surface area contributed by atoms with Gasteiger partial charge in [0.25, 0.3) is 0 Å². The van der Waals surface area contributed by atoms with E-state index in [1.165, 1.54) is 10.1 Å². The zero-order valence-electron chi connectivity index (χ0n) is 15.4. The van der Waals surface area contributed by atoms with Crippen LogP contribution in [0.3, 0.4) is 0 Å². The van der Waals surface area contributed by atoms with E-state index < -0.39 is 6.10 Å². The molecule has 0 fully saturated rings. The zero-order valence-corrected chi connectivity index (χ0v) is 19.4. The molecule has 0 aliphatic rings. The van der Waals surface area contributed by atoms with E-state index in [9.17, 15) is 5.11 Å². The van der Waals surface area contributed by atoms with E-state index in [-0.39, 0.29) is 24.0 Å². The number of nitrogens with one attached hydrogen (secondary N) is 2. The molecule has 0 saturated heterocycles. The minimum Gasteiger partial charge on any atom is -0.386 e. The average molecular weight is 516 g/mol. The topological polar surface area (TPSA) is 69.5 Å². The Hall–Kier alpha value is -1.23. The maximum atomic E-state index is 10.5. The van der Waals surface area contributed by atoms with Crippen molar-refractivity contribution in [3.8, 4) is 0 Å².